The minimum absolute atomic E-state index is 0.0393. The van der Waals surface area contributed by atoms with Crippen molar-refractivity contribution in [1.82, 2.24) is 14.9 Å². The smallest absolute Gasteiger partial charge is 0.249 e. The minimum atomic E-state index is -0.445. The number of benzene rings is 1. The van der Waals surface area contributed by atoms with E-state index in [-0.39, 0.29) is 17.9 Å². The maximum Gasteiger partial charge on any atom is 0.249 e. The molecule has 1 aromatic carbocycles. The Morgan fingerprint density at radius 1 is 1.33 bits per heavy atom. The van der Waals surface area contributed by atoms with Crippen molar-refractivity contribution >= 4 is 17.5 Å². The van der Waals surface area contributed by atoms with Crippen LogP contribution in [0.15, 0.2) is 42.9 Å². The van der Waals surface area contributed by atoms with Crippen LogP contribution in [-0.4, -0.2) is 33.4 Å². The van der Waals surface area contributed by atoms with Crippen molar-refractivity contribution in [3.63, 3.8) is 0 Å². The van der Waals surface area contributed by atoms with Gasteiger partial charge >= 0.3 is 0 Å². The Bertz CT molecular complexity index is 726. The summed E-state index contributed by atoms with van der Waals surface area (Å²) in [7, 11) is 1.90. The summed E-state index contributed by atoms with van der Waals surface area (Å²) in [5.41, 5.74) is 1.88. The third-order valence-corrected chi connectivity index (χ3v) is 4.45. The maximum absolute atomic E-state index is 12.6. The average Bonchev–Trinajstić information content (AvgIpc) is 3.09. The van der Waals surface area contributed by atoms with Crippen LogP contribution in [0.5, 0.6) is 0 Å². The summed E-state index contributed by atoms with van der Waals surface area (Å²) in [5.74, 6) is -0.140. The van der Waals surface area contributed by atoms with Crippen LogP contribution in [0.2, 0.25) is 0 Å². The summed E-state index contributed by atoms with van der Waals surface area (Å²) in [6.07, 6.45) is 5.07. The van der Waals surface area contributed by atoms with E-state index in [1.165, 1.54) is 0 Å². The predicted molar refractivity (Wildman–Crippen MR) is 91.5 cm³/mol. The molecule has 1 aliphatic heterocycles. The van der Waals surface area contributed by atoms with E-state index in [1.807, 2.05) is 48.9 Å². The van der Waals surface area contributed by atoms with Crippen LogP contribution >= 0.6 is 0 Å². The number of imidazole rings is 1. The SMILES string of the molecule is C[C@@H]1C[C@@H](NC(=O)CCc2cncn2C)C(=O)N1c1ccccc1. The molecule has 1 N–H and O–H groups in total. The number of para-hydroxylation sites is 1. The fraction of sp³-hybridized carbons (Fsp3) is 0.389. The van der Waals surface area contributed by atoms with Crippen molar-refractivity contribution in [2.45, 2.75) is 38.3 Å². The summed E-state index contributed by atoms with van der Waals surface area (Å²) in [6.45, 7) is 2.01. The molecule has 24 heavy (non-hydrogen) atoms. The molecule has 1 aromatic heterocycles. The van der Waals surface area contributed by atoms with Gasteiger partial charge in [-0.25, -0.2) is 4.98 Å². The molecule has 0 spiro atoms. The van der Waals surface area contributed by atoms with Gasteiger partial charge in [-0.3, -0.25) is 9.59 Å². The number of aromatic nitrogens is 2. The quantitative estimate of drug-likeness (QED) is 0.909. The Morgan fingerprint density at radius 3 is 2.75 bits per heavy atom. The molecule has 3 rings (SSSR count). The van der Waals surface area contributed by atoms with Gasteiger partial charge in [0.1, 0.15) is 6.04 Å². The number of carbonyl (C=O) groups excluding carboxylic acids is 2. The van der Waals surface area contributed by atoms with Gasteiger partial charge < -0.3 is 14.8 Å². The summed E-state index contributed by atoms with van der Waals surface area (Å²) < 4.78 is 1.90. The monoisotopic (exact) mass is 326 g/mol. The molecule has 2 amide bonds. The third-order valence-electron chi connectivity index (χ3n) is 4.45. The molecule has 1 saturated heterocycles. The van der Waals surface area contributed by atoms with E-state index in [9.17, 15) is 9.59 Å². The van der Waals surface area contributed by atoms with Crippen LogP contribution in [-0.2, 0) is 23.1 Å². The highest BCUT2D eigenvalue weighted by molar-refractivity contribution is 6.01. The highest BCUT2D eigenvalue weighted by atomic mass is 16.2. The lowest BCUT2D eigenvalue weighted by Crippen LogP contribution is -2.42. The molecule has 2 heterocycles. The van der Waals surface area contributed by atoms with Crippen LogP contribution in [0.1, 0.15) is 25.5 Å². The van der Waals surface area contributed by atoms with Crippen LogP contribution in [0.4, 0.5) is 5.69 Å². The van der Waals surface area contributed by atoms with E-state index in [2.05, 4.69) is 10.3 Å². The maximum atomic E-state index is 12.6. The molecule has 1 aliphatic rings. The molecule has 2 aromatic rings. The lowest BCUT2D eigenvalue weighted by molar-refractivity contribution is -0.126. The van der Waals surface area contributed by atoms with E-state index in [1.54, 1.807) is 17.4 Å². The van der Waals surface area contributed by atoms with Crippen molar-refractivity contribution < 1.29 is 9.59 Å². The Kier molecular flexibility index (Phi) is 4.64. The number of aryl methyl sites for hydroxylation is 2. The highest BCUT2D eigenvalue weighted by Gasteiger charge is 2.38. The summed E-state index contributed by atoms with van der Waals surface area (Å²) >= 11 is 0. The van der Waals surface area contributed by atoms with Crippen LogP contribution < -0.4 is 10.2 Å². The van der Waals surface area contributed by atoms with E-state index in [0.29, 0.717) is 19.3 Å². The number of amides is 2. The Hall–Kier alpha value is -2.63. The second-order valence-corrected chi connectivity index (χ2v) is 6.24. The van der Waals surface area contributed by atoms with Crippen molar-refractivity contribution in [3.8, 4) is 0 Å². The predicted octanol–water partition coefficient (Wildman–Crippen LogP) is 1.66. The molecule has 126 valence electrons. The fourth-order valence-corrected chi connectivity index (χ4v) is 3.16. The first-order valence-electron chi connectivity index (χ1n) is 8.19. The number of nitrogens with zero attached hydrogens (tertiary/aromatic N) is 3. The third kappa shape index (κ3) is 3.32. The van der Waals surface area contributed by atoms with Crippen LogP contribution in [0.3, 0.4) is 0 Å². The van der Waals surface area contributed by atoms with Crippen LogP contribution in [0.25, 0.3) is 0 Å². The molecule has 6 heteroatoms. The van der Waals surface area contributed by atoms with Gasteiger partial charge in [0.05, 0.1) is 6.33 Å². The van der Waals surface area contributed by atoms with Crippen molar-refractivity contribution in [2.75, 3.05) is 4.90 Å². The molecular formula is C18H22N4O2. The molecular weight excluding hydrogens is 304 g/mol. The normalized spacial score (nSPS) is 20.4. The van der Waals surface area contributed by atoms with Gasteiger partial charge in [-0.05, 0) is 31.9 Å². The summed E-state index contributed by atoms with van der Waals surface area (Å²) in [5, 5.41) is 2.88. The molecule has 0 radical (unpaired) electrons. The Morgan fingerprint density at radius 2 is 2.08 bits per heavy atom. The number of carbonyl (C=O) groups is 2. The van der Waals surface area contributed by atoms with Gasteiger partial charge in [0, 0.05) is 37.1 Å². The summed E-state index contributed by atoms with van der Waals surface area (Å²) in [6, 6.07) is 9.21. The van der Waals surface area contributed by atoms with E-state index in [4.69, 9.17) is 0 Å². The molecule has 1 fully saturated rings. The minimum Gasteiger partial charge on any atom is -0.344 e. The fourth-order valence-electron chi connectivity index (χ4n) is 3.16. The van der Waals surface area contributed by atoms with Gasteiger partial charge in [0.25, 0.3) is 0 Å². The molecule has 0 saturated carbocycles. The number of anilines is 1. The zero-order valence-corrected chi connectivity index (χ0v) is 14.0. The molecule has 0 aliphatic carbocycles. The second kappa shape index (κ2) is 6.86. The first-order valence-corrected chi connectivity index (χ1v) is 8.19. The molecule has 0 unspecified atom stereocenters. The second-order valence-electron chi connectivity index (χ2n) is 6.24. The molecule has 0 bridgehead atoms. The first kappa shape index (κ1) is 16.2. The van der Waals surface area contributed by atoms with Crippen LogP contribution in [0, 0.1) is 0 Å². The number of hydrogen-bond acceptors (Lipinski definition) is 3. The molecule has 2 atom stereocenters. The van der Waals surface area contributed by atoms with Gasteiger partial charge in [-0.1, -0.05) is 18.2 Å². The molecule has 6 nitrogen and oxygen atoms in total. The average molecular weight is 326 g/mol. The highest BCUT2D eigenvalue weighted by Crippen LogP contribution is 2.26. The zero-order chi connectivity index (χ0) is 17.1. The Labute approximate surface area is 141 Å². The Balaban J connectivity index is 1.59. The van der Waals surface area contributed by atoms with Crippen molar-refractivity contribution in [3.05, 3.63) is 48.5 Å². The van der Waals surface area contributed by atoms with Gasteiger partial charge in [-0.15, -0.1) is 0 Å². The number of nitrogens with one attached hydrogen (secondary N) is 1. The van der Waals surface area contributed by atoms with Gasteiger partial charge in [0.2, 0.25) is 11.8 Å². The topological polar surface area (TPSA) is 67.2 Å². The number of rotatable bonds is 5. The largest absolute Gasteiger partial charge is 0.344 e. The standard InChI is InChI=1S/C18H22N4O2/c1-13-10-16(18(24)22(13)14-6-4-3-5-7-14)20-17(23)9-8-15-11-19-12-21(15)2/h3-7,11-13,16H,8-10H2,1-2H3,(H,20,23)/t13-,16-/m1/s1. The summed E-state index contributed by atoms with van der Waals surface area (Å²) in [4.78, 5) is 30.6. The van der Waals surface area contributed by atoms with Gasteiger partial charge in [-0.2, -0.15) is 0 Å². The lowest BCUT2D eigenvalue weighted by Gasteiger charge is -2.21. The first-order chi connectivity index (χ1) is 11.6. The van der Waals surface area contributed by atoms with E-state index in [0.717, 1.165) is 11.4 Å². The lowest BCUT2D eigenvalue weighted by atomic mass is 10.1. The number of hydrogen-bond donors (Lipinski definition) is 1. The van der Waals surface area contributed by atoms with E-state index >= 15 is 0 Å². The van der Waals surface area contributed by atoms with Crippen molar-refractivity contribution in [1.29, 1.82) is 0 Å². The van der Waals surface area contributed by atoms with E-state index < -0.39 is 6.04 Å². The zero-order valence-electron chi connectivity index (χ0n) is 14.0. The van der Waals surface area contributed by atoms with Gasteiger partial charge in [0.15, 0.2) is 0 Å². The van der Waals surface area contributed by atoms with Crippen molar-refractivity contribution in [2.24, 2.45) is 7.05 Å².